The lowest BCUT2D eigenvalue weighted by molar-refractivity contribution is -0.117. The summed E-state index contributed by atoms with van der Waals surface area (Å²) in [5.74, 6) is 1.15. The molecule has 0 spiro atoms. The van der Waals surface area contributed by atoms with Gasteiger partial charge < -0.3 is 24.8 Å². The van der Waals surface area contributed by atoms with Gasteiger partial charge in [0.25, 0.3) is 0 Å². The van der Waals surface area contributed by atoms with Gasteiger partial charge in [-0.05, 0) is 43.9 Å². The van der Waals surface area contributed by atoms with Crippen LogP contribution in [-0.2, 0) is 17.9 Å². The van der Waals surface area contributed by atoms with Crippen molar-refractivity contribution in [3.05, 3.63) is 30.1 Å². The Balaban J connectivity index is 1.50. The van der Waals surface area contributed by atoms with Crippen LogP contribution in [-0.4, -0.2) is 51.2 Å². The molecule has 1 aromatic carbocycles. The maximum atomic E-state index is 12.3. The van der Waals surface area contributed by atoms with Crippen molar-refractivity contribution >= 4 is 23.4 Å². The summed E-state index contributed by atoms with van der Waals surface area (Å²) in [5, 5.41) is 12.4. The summed E-state index contributed by atoms with van der Waals surface area (Å²) in [6.45, 7) is 3.40. The van der Waals surface area contributed by atoms with Gasteiger partial charge in [-0.15, -0.1) is 0 Å². The zero-order chi connectivity index (χ0) is 21.4. The number of carbonyl (C=O) groups excluding carboxylic acids is 1. The molecule has 8 nitrogen and oxygen atoms in total. The monoisotopic (exact) mass is 423 g/mol. The summed E-state index contributed by atoms with van der Waals surface area (Å²) >= 11 is 0. The van der Waals surface area contributed by atoms with E-state index in [-0.39, 0.29) is 11.8 Å². The smallest absolute Gasteiger partial charge is 0.407 e. The van der Waals surface area contributed by atoms with Gasteiger partial charge in [-0.3, -0.25) is 4.79 Å². The van der Waals surface area contributed by atoms with Crippen LogP contribution in [0.1, 0.15) is 44.2 Å². The number of hydrogen-bond donors (Lipinski definition) is 2. The van der Waals surface area contributed by atoms with Crippen LogP contribution in [0.4, 0.5) is 16.2 Å². The number of imidazole rings is 1. The first kappa shape index (κ1) is 19.9. The normalized spacial score (nSPS) is 19.0. The minimum atomic E-state index is -0.894. The molecular weight excluding hydrogens is 394 g/mol. The number of carboxylic acid groups (broad SMARTS) is 1. The van der Waals surface area contributed by atoms with Gasteiger partial charge >= 0.3 is 6.09 Å². The number of nitrogens with zero attached hydrogens (tertiary/aromatic N) is 4. The van der Waals surface area contributed by atoms with E-state index in [0.29, 0.717) is 19.6 Å². The summed E-state index contributed by atoms with van der Waals surface area (Å²) < 4.78 is 2.14. The van der Waals surface area contributed by atoms with Crippen molar-refractivity contribution in [3.8, 4) is 11.4 Å². The van der Waals surface area contributed by atoms with Gasteiger partial charge in [0.2, 0.25) is 5.91 Å². The molecule has 8 heteroatoms. The predicted octanol–water partition coefficient (Wildman–Crippen LogP) is 3.77. The number of carbonyl (C=O) groups is 2. The van der Waals surface area contributed by atoms with Gasteiger partial charge in [-0.1, -0.05) is 12.8 Å². The Labute approximate surface area is 181 Å². The molecule has 0 atom stereocenters. The molecule has 2 aromatic rings. The largest absolute Gasteiger partial charge is 0.465 e. The number of nitrogens with one attached hydrogen (secondary N) is 1. The Bertz CT molecular complexity index is 989. The van der Waals surface area contributed by atoms with Gasteiger partial charge in [0.1, 0.15) is 5.82 Å². The third-order valence-electron chi connectivity index (χ3n) is 6.56. The van der Waals surface area contributed by atoms with Crippen LogP contribution in [0.5, 0.6) is 0 Å². The number of benzene rings is 1. The van der Waals surface area contributed by atoms with Crippen LogP contribution in [0.15, 0.2) is 24.4 Å². The molecule has 1 aliphatic carbocycles. The predicted molar refractivity (Wildman–Crippen MR) is 118 cm³/mol. The van der Waals surface area contributed by atoms with Gasteiger partial charge in [0, 0.05) is 49.0 Å². The van der Waals surface area contributed by atoms with Crippen molar-refractivity contribution < 1.29 is 14.7 Å². The van der Waals surface area contributed by atoms with Gasteiger partial charge in [-0.25, -0.2) is 9.78 Å². The van der Waals surface area contributed by atoms with E-state index in [9.17, 15) is 14.7 Å². The third-order valence-corrected chi connectivity index (χ3v) is 6.56. The summed E-state index contributed by atoms with van der Waals surface area (Å²) in [7, 11) is 0. The number of amides is 2. The van der Waals surface area contributed by atoms with E-state index < -0.39 is 6.09 Å². The average Bonchev–Trinajstić information content (AvgIpc) is 3.58. The van der Waals surface area contributed by atoms with E-state index in [4.69, 9.17) is 4.98 Å². The van der Waals surface area contributed by atoms with E-state index in [0.717, 1.165) is 67.2 Å². The highest BCUT2D eigenvalue weighted by atomic mass is 16.4. The minimum Gasteiger partial charge on any atom is -0.465 e. The molecule has 0 radical (unpaired) electrons. The zero-order valence-electron chi connectivity index (χ0n) is 17.7. The molecule has 2 fully saturated rings. The Morgan fingerprint density at radius 3 is 2.52 bits per heavy atom. The number of fused-ring (bicyclic) bond motifs is 1. The molecule has 2 aliphatic heterocycles. The van der Waals surface area contributed by atoms with Gasteiger partial charge in [0.05, 0.1) is 18.4 Å². The first-order valence-electron chi connectivity index (χ1n) is 11.3. The van der Waals surface area contributed by atoms with Gasteiger partial charge in [0.15, 0.2) is 0 Å². The quantitative estimate of drug-likeness (QED) is 0.781. The topological polar surface area (TPSA) is 90.7 Å². The van der Waals surface area contributed by atoms with E-state index in [1.165, 1.54) is 17.7 Å². The lowest BCUT2D eigenvalue weighted by atomic mass is 10.1. The standard InChI is InChI=1S/C23H29N5O3/c29-22(16-5-6-16)25-17-7-8-19(20(13-17)26-9-3-1-2-4-10-26)21-24-14-18-15-27(23(30)31)11-12-28(18)21/h7-8,13-14,16H,1-6,9-12,15H2,(H,25,29)(H,30,31). The van der Waals surface area contributed by atoms with Crippen molar-refractivity contribution in [2.45, 2.75) is 51.6 Å². The molecule has 0 bridgehead atoms. The van der Waals surface area contributed by atoms with Crippen LogP contribution < -0.4 is 10.2 Å². The molecule has 0 unspecified atom stereocenters. The second kappa shape index (κ2) is 8.24. The fourth-order valence-electron chi connectivity index (χ4n) is 4.62. The Morgan fingerprint density at radius 2 is 1.81 bits per heavy atom. The molecule has 1 aromatic heterocycles. The molecule has 1 saturated carbocycles. The second-order valence-electron chi connectivity index (χ2n) is 8.83. The van der Waals surface area contributed by atoms with Gasteiger partial charge in [-0.2, -0.15) is 0 Å². The maximum Gasteiger partial charge on any atom is 0.407 e. The minimum absolute atomic E-state index is 0.113. The molecular formula is C23H29N5O3. The highest BCUT2D eigenvalue weighted by molar-refractivity contribution is 5.95. The van der Waals surface area contributed by atoms with Crippen molar-refractivity contribution in [3.63, 3.8) is 0 Å². The second-order valence-corrected chi connectivity index (χ2v) is 8.83. The third kappa shape index (κ3) is 4.11. The highest BCUT2D eigenvalue weighted by Gasteiger charge is 2.30. The number of aromatic nitrogens is 2. The molecule has 31 heavy (non-hydrogen) atoms. The number of anilines is 2. The molecule has 3 aliphatic rings. The summed E-state index contributed by atoms with van der Waals surface area (Å²) in [6.07, 6.45) is 7.67. The van der Waals surface area contributed by atoms with Crippen LogP contribution in [0.3, 0.4) is 0 Å². The Kier molecular flexibility index (Phi) is 5.29. The summed E-state index contributed by atoms with van der Waals surface area (Å²) in [6, 6.07) is 6.11. The first-order valence-corrected chi connectivity index (χ1v) is 11.3. The average molecular weight is 424 g/mol. The van der Waals surface area contributed by atoms with Crippen LogP contribution in [0, 0.1) is 5.92 Å². The lowest BCUT2D eigenvalue weighted by Gasteiger charge is -2.29. The maximum absolute atomic E-state index is 12.3. The van der Waals surface area contributed by atoms with Crippen molar-refractivity contribution in [1.29, 1.82) is 0 Å². The fraction of sp³-hybridized carbons (Fsp3) is 0.522. The van der Waals surface area contributed by atoms with Crippen molar-refractivity contribution in [2.24, 2.45) is 5.92 Å². The van der Waals surface area contributed by atoms with Crippen LogP contribution in [0.25, 0.3) is 11.4 Å². The summed E-state index contributed by atoms with van der Waals surface area (Å²) in [5.41, 5.74) is 3.89. The molecule has 164 valence electrons. The van der Waals surface area contributed by atoms with E-state index >= 15 is 0 Å². The Hall–Kier alpha value is -3.03. The highest BCUT2D eigenvalue weighted by Crippen LogP contribution is 2.36. The van der Waals surface area contributed by atoms with Crippen molar-refractivity contribution in [1.82, 2.24) is 14.5 Å². The van der Waals surface area contributed by atoms with E-state index in [1.807, 2.05) is 6.07 Å². The molecule has 5 rings (SSSR count). The lowest BCUT2D eigenvalue weighted by Crippen LogP contribution is -2.37. The fourth-order valence-corrected chi connectivity index (χ4v) is 4.62. The van der Waals surface area contributed by atoms with Crippen LogP contribution >= 0.6 is 0 Å². The molecule has 2 N–H and O–H groups in total. The number of hydrogen-bond acceptors (Lipinski definition) is 4. The van der Waals surface area contributed by atoms with E-state index in [2.05, 4.69) is 26.9 Å². The van der Waals surface area contributed by atoms with E-state index in [1.54, 1.807) is 6.20 Å². The number of rotatable bonds is 4. The van der Waals surface area contributed by atoms with Crippen LogP contribution in [0.2, 0.25) is 0 Å². The molecule has 1 saturated heterocycles. The van der Waals surface area contributed by atoms with Crippen molar-refractivity contribution in [2.75, 3.05) is 29.9 Å². The summed E-state index contributed by atoms with van der Waals surface area (Å²) in [4.78, 5) is 32.2. The first-order chi connectivity index (χ1) is 15.1. The molecule has 2 amide bonds. The zero-order valence-corrected chi connectivity index (χ0v) is 17.7. The SMILES string of the molecule is O=C(Nc1ccc(-c2ncc3n2CCN(C(=O)O)C3)c(N2CCCCCC2)c1)C1CC1. The Morgan fingerprint density at radius 1 is 1.03 bits per heavy atom. The molecule has 3 heterocycles.